The van der Waals surface area contributed by atoms with Crippen LogP contribution in [0.4, 0.5) is 0 Å². The van der Waals surface area contributed by atoms with Gasteiger partial charge in [-0.1, -0.05) is 25.3 Å². The Bertz CT molecular complexity index is 677. The zero-order valence-corrected chi connectivity index (χ0v) is 14.4. The zero-order valence-electron chi connectivity index (χ0n) is 13.6. The molecular weight excluding hydrogens is 312 g/mol. The van der Waals surface area contributed by atoms with Gasteiger partial charge in [0.2, 0.25) is 10.0 Å². The second-order valence-corrected chi connectivity index (χ2v) is 8.48. The first kappa shape index (κ1) is 16.5. The first-order chi connectivity index (χ1) is 11.0. The monoisotopic (exact) mass is 336 g/mol. The summed E-state index contributed by atoms with van der Waals surface area (Å²) >= 11 is 0. The number of carbonyl (C=O) groups excluding carboxylic acids is 1. The summed E-state index contributed by atoms with van der Waals surface area (Å²) in [5, 5.41) is 0. The highest BCUT2D eigenvalue weighted by Crippen LogP contribution is 2.27. The van der Waals surface area contributed by atoms with Crippen molar-refractivity contribution in [3.05, 3.63) is 29.8 Å². The molecular formula is C17H24N2O3S. The minimum Gasteiger partial charge on any atom is -0.339 e. The molecule has 0 spiro atoms. The number of amides is 1. The van der Waals surface area contributed by atoms with Crippen LogP contribution in [0.2, 0.25) is 0 Å². The average molecular weight is 336 g/mol. The van der Waals surface area contributed by atoms with E-state index in [4.69, 9.17) is 0 Å². The van der Waals surface area contributed by atoms with Crippen LogP contribution in [-0.4, -0.2) is 49.7 Å². The number of rotatable bonds is 4. The van der Waals surface area contributed by atoms with Crippen LogP contribution in [0.15, 0.2) is 29.2 Å². The van der Waals surface area contributed by atoms with Gasteiger partial charge in [-0.25, -0.2) is 8.42 Å². The highest BCUT2D eigenvalue weighted by atomic mass is 32.2. The molecule has 3 rings (SSSR count). The van der Waals surface area contributed by atoms with E-state index in [2.05, 4.69) is 0 Å². The van der Waals surface area contributed by atoms with E-state index in [0.717, 1.165) is 45.2 Å². The summed E-state index contributed by atoms with van der Waals surface area (Å²) < 4.78 is 27.2. The Balaban J connectivity index is 1.83. The van der Waals surface area contributed by atoms with Crippen molar-refractivity contribution >= 4 is 15.9 Å². The van der Waals surface area contributed by atoms with E-state index in [-0.39, 0.29) is 16.8 Å². The lowest BCUT2D eigenvalue weighted by atomic mass is 9.96. The number of sulfonamides is 1. The fraction of sp³-hybridized carbons (Fsp3) is 0.588. The van der Waals surface area contributed by atoms with Crippen molar-refractivity contribution < 1.29 is 13.2 Å². The molecule has 0 unspecified atom stereocenters. The summed E-state index contributed by atoms with van der Waals surface area (Å²) in [5.74, 6) is -0.0754. The third-order valence-electron chi connectivity index (χ3n) is 4.99. The van der Waals surface area contributed by atoms with Crippen LogP contribution in [0, 0.1) is 0 Å². The van der Waals surface area contributed by atoms with E-state index in [1.807, 2.05) is 0 Å². The molecule has 0 aromatic heterocycles. The Labute approximate surface area is 138 Å². The van der Waals surface area contributed by atoms with Gasteiger partial charge in [0, 0.05) is 31.7 Å². The molecule has 126 valence electrons. The van der Waals surface area contributed by atoms with Crippen molar-refractivity contribution in [2.75, 3.05) is 20.1 Å². The van der Waals surface area contributed by atoms with Crippen LogP contribution >= 0.6 is 0 Å². The van der Waals surface area contributed by atoms with Gasteiger partial charge in [0.15, 0.2) is 0 Å². The molecule has 1 saturated heterocycles. The van der Waals surface area contributed by atoms with E-state index < -0.39 is 10.0 Å². The number of nitrogens with zero attached hydrogens (tertiary/aromatic N) is 2. The summed E-state index contributed by atoms with van der Waals surface area (Å²) in [7, 11) is -1.88. The number of carbonyl (C=O) groups is 1. The quantitative estimate of drug-likeness (QED) is 0.849. The third-order valence-corrected chi connectivity index (χ3v) is 6.90. The van der Waals surface area contributed by atoms with Crippen molar-refractivity contribution in [1.29, 1.82) is 0 Å². The molecule has 0 N–H and O–H groups in total. The Hall–Kier alpha value is -1.40. The van der Waals surface area contributed by atoms with E-state index in [9.17, 15) is 13.2 Å². The Morgan fingerprint density at radius 2 is 1.83 bits per heavy atom. The third kappa shape index (κ3) is 3.28. The van der Waals surface area contributed by atoms with Gasteiger partial charge in [0.05, 0.1) is 4.90 Å². The van der Waals surface area contributed by atoms with Crippen LogP contribution in [0.25, 0.3) is 0 Å². The van der Waals surface area contributed by atoms with Crippen LogP contribution in [-0.2, 0) is 10.0 Å². The second kappa shape index (κ2) is 6.61. The number of hydrogen-bond acceptors (Lipinski definition) is 3. The van der Waals surface area contributed by atoms with Crippen molar-refractivity contribution in [3.63, 3.8) is 0 Å². The lowest BCUT2D eigenvalue weighted by Gasteiger charge is -2.31. The van der Waals surface area contributed by atoms with Gasteiger partial charge >= 0.3 is 0 Å². The topological polar surface area (TPSA) is 57.7 Å². The van der Waals surface area contributed by atoms with Crippen molar-refractivity contribution in [2.24, 2.45) is 0 Å². The van der Waals surface area contributed by atoms with Crippen LogP contribution < -0.4 is 0 Å². The maximum atomic E-state index is 12.9. The molecule has 23 heavy (non-hydrogen) atoms. The fourth-order valence-corrected chi connectivity index (χ4v) is 4.76. The Kier molecular flexibility index (Phi) is 4.73. The summed E-state index contributed by atoms with van der Waals surface area (Å²) in [6, 6.07) is 6.54. The van der Waals surface area contributed by atoms with Crippen molar-refractivity contribution in [2.45, 2.75) is 49.5 Å². The van der Waals surface area contributed by atoms with E-state index in [0.29, 0.717) is 5.56 Å². The maximum absolute atomic E-state index is 12.9. The number of benzene rings is 1. The minimum absolute atomic E-state index is 0.0727. The van der Waals surface area contributed by atoms with Gasteiger partial charge in [-0.05, 0) is 37.5 Å². The molecule has 6 heteroatoms. The van der Waals surface area contributed by atoms with Crippen LogP contribution in [0.3, 0.4) is 0 Å². The summed E-state index contributed by atoms with van der Waals surface area (Å²) in [6.07, 6.45) is 6.21. The molecule has 0 atom stereocenters. The SMILES string of the molecule is CN(C1CCCCC1)S(=O)(=O)c1cccc(C(=O)N2CCC2)c1. The highest BCUT2D eigenvalue weighted by molar-refractivity contribution is 7.89. The fourth-order valence-electron chi connectivity index (χ4n) is 3.30. The molecule has 2 fully saturated rings. The lowest BCUT2D eigenvalue weighted by Crippen LogP contribution is -2.42. The summed E-state index contributed by atoms with van der Waals surface area (Å²) in [6.45, 7) is 1.52. The molecule has 0 radical (unpaired) electrons. The molecule has 1 saturated carbocycles. The van der Waals surface area contributed by atoms with Crippen molar-refractivity contribution in [1.82, 2.24) is 9.21 Å². The van der Waals surface area contributed by atoms with Gasteiger partial charge in [0.25, 0.3) is 5.91 Å². The van der Waals surface area contributed by atoms with Gasteiger partial charge < -0.3 is 4.90 Å². The van der Waals surface area contributed by atoms with Gasteiger partial charge in [-0.2, -0.15) is 4.31 Å². The summed E-state index contributed by atoms with van der Waals surface area (Å²) in [4.78, 5) is 14.3. The standard InChI is InChI=1S/C17H24N2O3S/c1-18(15-8-3-2-4-9-15)23(21,22)16-10-5-7-14(13-16)17(20)19-11-6-12-19/h5,7,10,13,15H,2-4,6,8-9,11-12H2,1H3. The largest absolute Gasteiger partial charge is 0.339 e. The molecule has 1 aliphatic heterocycles. The Morgan fingerprint density at radius 3 is 2.43 bits per heavy atom. The molecule has 1 aromatic carbocycles. The molecule has 1 aromatic rings. The number of hydrogen-bond donors (Lipinski definition) is 0. The minimum atomic E-state index is -3.55. The number of likely N-dealkylation sites (tertiary alicyclic amines) is 1. The smallest absolute Gasteiger partial charge is 0.253 e. The van der Waals surface area contributed by atoms with E-state index in [1.165, 1.54) is 16.8 Å². The predicted molar refractivity (Wildman–Crippen MR) is 88.8 cm³/mol. The Morgan fingerprint density at radius 1 is 1.13 bits per heavy atom. The van der Waals surface area contributed by atoms with Crippen molar-refractivity contribution in [3.8, 4) is 0 Å². The molecule has 5 nitrogen and oxygen atoms in total. The molecule has 1 aliphatic carbocycles. The van der Waals surface area contributed by atoms with Crippen LogP contribution in [0.1, 0.15) is 48.9 Å². The molecule has 2 aliphatic rings. The van der Waals surface area contributed by atoms with Gasteiger partial charge in [0.1, 0.15) is 0 Å². The predicted octanol–water partition coefficient (Wildman–Crippen LogP) is 2.49. The van der Waals surface area contributed by atoms with Crippen LogP contribution in [0.5, 0.6) is 0 Å². The van der Waals surface area contributed by atoms with Gasteiger partial charge in [-0.15, -0.1) is 0 Å². The van der Waals surface area contributed by atoms with Gasteiger partial charge in [-0.3, -0.25) is 4.79 Å². The normalized spacial score (nSPS) is 19.7. The van der Waals surface area contributed by atoms with E-state index in [1.54, 1.807) is 30.1 Å². The lowest BCUT2D eigenvalue weighted by molar-refractivity contribution is 0.0651. The van der Waals surface area contributed by atoms with E-state index >= 15 is 0 Å². The zero-order chi connectivity index (χ0) is 16.4. The summed E-state index contributed by atoms with van der Waals surface area (Å²) in [5.41, 5.74) is 0.461. The first-order valence-electron chi connectivity index (χ1n) is 8.37. The first-order valence-corrected chi connectivity index (χ1v) is 9.81. The molecule has 0 bridgehead atoms. The second-order valence-electron chi connectivity index (χ2n) is 6.49. The molecule has 1 heterocycles. The average Bonchev–Trinajstić information content (AvgIpc) is 2.53. The highest BCUT2D eigenvalue weighted by Gasteiger charge is 2.30. The molecule has 1 amide bonds. The maximum Gasteiger partial charge on any atom is 0.253 e.